The number of aryl methyl sites for hydroxylation is 1. The summed E-state index contributed by atoms with van der Waals surface area (Å²) in [4.78, 5) is 46.8. The summed E-state index contributed by atoms with van der Waals surface area (Å²) < 4.78 is 11.1. The maximum absolute atomic E-state index is 13.4. The summed E-state index contributed by atoms with van der Waals surface area (Å²) in [5.41, 5.74) is 0.128. The Hall–Kier alpha value is -4.13. The zero-order valence-corrected chi connectivity index (χ0v) is 25.0. The van der Waals surface area contributed by atoms with E-state index >= 15 is 0 Å². The molecule has 41 heavy (non-hydrogen) atoms. The van der Waals surface area contributed by atoms with Gasteiger partial charge in [-0.15, -0.1) is 0 Å². The molecule has 220 valence electrons. The summed E-state index contributed by atoms with van der Waals surface area (Å²) in [6.45, 7) is 10.4. The molecule has 0 aliphatic carbocycles. The minimum Gasteiger partial charge on any atom is -0.461 e. The van der Waals surface area contributed by atoms with Gasteiger partial charge in [0.15, 0.2) is 11.4 Å². The Morgan fingerprint density at radius 3 is 2.59 bits per heavy atom. The number of furan rings is 1. The standard InChI is InChI=1S/C31H41N5O5/c1-7-8-11-22(29(38)35(6)20-27(37)36-14-9-10-15-36)19-33-28(25(18-32)30(39)41-31(3,4)5)34-24-12-13-26-23(17-24)16-21(2)40-26/h12-13,16-17,19,22,34H,7-11,14-15,20H2,1-6H3/b28-25+,33-19-. The Bertz CT molecular complexity index is 1360. The minimum absolute atomic E-state index is 0.0122. The summed E-state index contributed by atoms with van der Waals surface area (Å²) in [5.74, 6) is -1.09. The largest absolute Gasteiger partial charge is 0.461 e. The number of carbonyl (C=O) groups excluding carboxylic acids is 3. The fraction of sp³-hybridized carbons (Fsp3) is 0.516. The molecule has 0 spiro atoms. The Balaban J connectivity index is 1.93. The number of nitriles is 1. The summed E-state index contributed by atoms with van der Waals surface area (Å²) in [6.07, 6.45) is 5.53. The quantitative estimate of drug-likeness (QED) is 0.172. The molecule has 1 aromatic heterocycles. The average Bonchev–Trinajstić information content (AvgIpc) is 3.56. The SMILES string of the molecule is CCCCC(/C=N\C(Nc1ccc2oc(C)cc2c1)=C(\C#N)C(=O)OC(C)(C)C)C(=O)N(C)CC(=O)N1CCCC1. The normalized spacial score (nSPS) is 15.0. The molecule has 2 aromatic rings. The van der Waals surface area contributed by atoms with Crippen LogP contribution >= 0.6 is 0 Å². The van der Waals surface area contributed by atoms with E-state index < -0.39 is 17.5 Å². The van der Waals surface area contributed by atoms with E-state index in [1.807, 2.05) is 32.0 Å². The van der Waals surface area contributed by atoms with Gasteiger partial charge in [-0.3, -0.25) is 9.59 Å². The van der Waals surface area contributed by atoms with Gasteiger partial charge in [0.1, 0.15) is 23.0 Å². The van der Waals surface area contributed by atoms with Crippen molar-refractivity contribution in [1.82, 2.24) is 9.80 Å². The van der Waals surface area contributed by atoms with Gasteiger partial charge in [-0.05, 0) is 71.2 Å². The lowest BCUT2D eigenvalue weighted by Gasteiger charge is -2.24. The van der Waals surface area contributed by atoms with Crippen LogP contribution in [0.4, 0.5) is 5.69 Å². The Morgan fingerprint density at radius 1 is 1.24 bits per heavy atom. The number of unbranched alkanes of at least 4 members (excludes halogenated alkanes) is 1. The van der Waals surface area contributed by atoms with E-state index in [-0.39, 0.29) is 29.8 Å². The molecule has 0 saturated carbocycles. The molecule has 0 bridgehead atoms. The van der Waals surface area contributed by atoms with Crippen molar-refractivity contribution in [3.63, 3.8) is 0 Å². The number of hydrogen-bond acceptors (Lipinski definition) is 8. The molecule has 10 nitrogen and oxygen atoms in total. The van der Waals surface area contributed by atoms with Gasteiger partial charge in [0.2, 0.25) is 11.8 Å². The second kappa shape index (κ2) is 14.0. The van der Waals surface area contributed by atoms with Crippen LogP contribution in [0, 0.1) is 24.2 Å². The number of likely N-dealkylation sites (N-methyl/N-ethyl adjacent to an activating group) is 1. The number of rotatable bonds is 11. The summed E-state index contributed by atoms with van der Waals surface area (Å²) in [6, 6.07) is 9.16. The predicted molar refractivity (Wildman–Crippen MR) is 158 cm³/mol. The third-order valence-electron chi connectivity index (χ3n) is 6.63. The number of carbonyl (C=O) groups is 3. The Labute approximate surface area is 242 Å². The summed E-state index contributed by atoms with van der Waals surface area (Å²) >= 11 is 0. The molecule has 1 N–H and O–H groups in total. The molecule has 10 heteroatoms. The number of aliphatic imine (C=N–C) groups is 1. The van der Waals surface area contributed by atoms with Gasteiger partial charge in [-0.25, -0.2) is 9.79 Å². The van der Waals surface area contributed by atoms with Gasteiger partial charge >= 0.3 is 5.97 Å². The third kappa shape index (κ3) is 8.93. The van der Waals surface area contributed by atoms with Crippen LogP contribution in [0.15, 0.2) is 45.1 Å². The predicted octanol–water partition coefficient (Wildman–Crippen LogP) is 5.19. The number of likely N-dealkylation sites (tertiary alicyclic amines) is 1. The molecule has 0 radical (unpaired) electrons. The first-order valence-electron chi connectivity index (χ1n) is 14.1. The lowest BCUT2D eigenvalue weighted by molar-refractivity contribution is -0.149. The van der Waals surface area contributed by atoms with Crippen molar-refractivity contribution in [3.8, 4) is 6.07 Å². The van der Waals surface area contributed by atoms with Crippen LogP contribution in [0.5, 0.6) is 0 Å². The van der Waals surface area contributed by atoms with Gasteiger partial charge in [-0.1, -0.05) is 19.8 Å². The van der Waals surface area contributed by atoms with Crippen molar-refractivity contribution in [2.75, 3.05) is 32.0 Å². The van der Waals surface area contributed by atoms with E-state index in [0.29, 0.717) is 30.8 Å². The molecule has 1 aliphatic heterocycles. The van der Waals surface area contributed by atoms with Crippen molar-refractivity contribution in [2.24, 2.45) is 10.9 Å². The van der Waals surface area contributed by atoms with E-state index in [4.69, 9.17) is 9.15 Å². The fourth-order valence-corrected chi connectivity index (χ4v) is 4.56. The van der Waals surface area contributed by atoms with Crippen LogP contribution in [0.25, 0.3) is 11.0 Å². The second-order valence-corrected chi connectivity index (χ2v) is 11.4. The van der Waals surface area contributed by atoms with Crippen LogP contribution < -0.4 is 5.32 Å². The number of hydrogen-bond donors (Lipinski definition) is 1. The molecule has 1 unspecified atom stereocenters. The maximum atomic E-state index is 13.4. The van der Waals surface area contributed by atoms with Crippen LogP contribution in [0.1, 0.15) is 65.6 Å². The Morgan fingerprint density at radius 2 is 1.95 bits per heavy atom. The van der Waals surface area contributed by atoms with Crippen LogP contribution in [-0.2, 0) is 19.1 Å². The molecule has 2 amide bonds. The molecule has 1 aliphatic rings. The van der Waals surface area contributed by atoms with Crippen molar-refractivity contribution in [3.05, 3.63) is 41.4 Å². The number of amides is 2. The van der Waals surface area contributed by atoms with Gasteiger partial charge in [0.05, 0.1) is 12.5 Å². The third-order valence-corrected chi connectivity index (χ3v) is 6.63. The first kappa shape index (κ1) is 31.4. The first-order valence-corrected chi connectivity index (χ1v) is 14.1. The van der Waals surface area contributed by atoms with E-state index in [1.165, 1.54) is 11.1 Å². The number of nitrogens with one attached hydrogen (secondary N) is 1. The second-order valence-electron chi connectivity index (χ2n) is 11.4. The van der Waals surface area contributed by atoms with Gasteiger partial charge in [0.25, 0.3) is 0 Å². The van der Waals surface area contributed by atoms with Crippen LogP contribution in [-0.4, -0.2) is 66.1 Å². The maximum Gasteiger partial charge on any atom is 0.353 e. The minimum atomic E-state index is -0.829. The number of anilines is 1. The fourth-order valence-electron chi connectivity index (χ4n) is 4.56. The molecule has 1 fully saturated rings. The average molecular weight is 564 g/mol. The number of fused-ring (bicyclic) bond motifs is 1. The highest BCUT2D eigenvalue weighted by Crippen LogP contribution is 2.25. The number of ether oxygens (including phenoxy) is 1. The number of esters is 1. The van der Waals surface area contributed by atoms with E-state index in [9.17, 15) is 19.6 Å². The molecule has 1 saturated heterocycles. The molecular formula is C31H41N5O5. The van der Waals surface area contributed by atoms with E-state index in [2.05, 4.69) is 10.3 Å². The molecule has 1 atom stereocenters. The molecule has 3 rings (SSSR count). The molecule has 2 heterocycles. The summed E-state index contributed by atoms with van der Waals surface area (Å²) in [7, 11) is 1.61. The van der Waals surface area contributed by atoms with Crippen molar-refractivity contribution in [2.45, 2.75) is 72.3 Å². The highest BCUT2D eigenvalue weighted by Gasteiger charge is 2.27. The van der Waals surface area contributed by atoms with Crippen LogP contribution in [0.2, 0.25) is 0 Å². The van der Waals surface area contributed by atoms with Crippen LogP contribution in [0.3, 0.4) is 0 Å². The number of benzene rings is 1. The lowest BCUT2D eigenvalue weighted by atomic mass is 10.0. The monoisotopic (exact) mass is 563 g/mol. The van der Waals surface area contributed by atoms with Gasteiger partial charge in [0, 0.05) is 37.4 Å². The van der Waals surface area contributed by atoms with Gasteiger partial charge < -0.3 is 24.3 Å². The zero-order valence-electron chi connectivity index (χ0n) is 25.0. The zero-order chi connectivity index (χ0) is 30.2. The smallest absolute Gasteiger partial charge is 0.353 e. The van der Waals surface area contributed by atoms with Crippen molar-refractivity contribution < 1.29 is 23.5 Å². The highest BCUT2D eigenvalue weighted by molar-refractivity contribution is 5.97. The van der Waals surface area contributed by atoms with Gasteiger partial charge in [-0.2, -0.15) is 5.26 Å². The van der Waals surface area contributed by atoms with Crippen molar-refractivity contribution >= 4 is 40.7 Å². The highest BCUT2D eigenvalue weighted by atomic mass is 16.6. The summed E-state index contributed by atoms with van der Waals surface area (Å²) in [5, 5.41) is 13.9. The molecular weight excluding hydrogens is 522 g/mol. The lowest BCUT2D eigenvalue weighted by Crippen LogP contribution is -2.42. The topological polar surface area (TPSA) is 128 Å². The van der Waals surface area contributed by atoms with Crippen molar-refractivity contribution in [1.29, 1.82) is 5.26 Å². The molecule has 1 aromatic carbocycles. The number of nitrogens with zero attached hydrogens (tertiary/aromatic N) is 4. The van der Waals surface area contributed by atoms with E-state index in [0.717, 1.165) is 36.8 Å². The Kier molecular flexibility index (Phi) is 10.7. The first-order chi connectivity index (χ1) is 19.4. The van der Waals surface area contributed by atoms with E-state index in [1.54, 1.807) is 44.9 Å².